The van der Waals surface area contributed by atoms with Crippen molar-refractivity contribution in [2.75, 3.05) is 12.8 Å². The molecule has 6 heteroatoms. The molecular formula is C14H12F3NO2. The molecule has 20 heavy (non-hydrogen) atoms. The van der Waals surface area contributed by atoms with Crippen LogP contribution in [0.15, 0.2) is 42.5 Å². The maximum Gasteiger partial charge on any atom is 0.420 e. The van der Waals surface area contributed by atoms with Crippen molar-refractivity contribution in [3.8, 4) is 17.2 Å². The van der Waals surface area contributed by atoms with Gasteiger partial charge in [-0.15, -0.1) is 0 Å². The molecule has 2 rings (SSSR count). The molecule has 0 amide bonds. The molecule has 0 fully saturated rings. The van der Waals surface area contributed by atoms with E-state index in [-0.39, 0.29) is 17.2 Å². The Hall–Kier alpha value is -2.37. The lowest BCUT2D eigenvalue weighted by Gasteiger charge is -2.14. The van der Waals surface area contributed by atoms with Gasteiger partial charge in [0.05, 0.1) is 7.11 Å². The Balaban J connectivity index is 2.38. The number of hydrogen-bond acceptors (Lipinski definition) is 3. The fraction of sp³-hybridized carbons (Fsp3) is 0.143. The summed E-state index contributed by atoms with van der Waals surface area (Å²) in [5, 5.41) is 0. The molecule has 0 aliphatic heterocycles. The zero-order valence-electron chi connectivity index (χ0n) is 10.6. The maximum atomic E-state index is 12.9. The fourth-order valence-corrected chi connectivity index (χ4v) is 1.65. The van der Waals surface area contributed by atoms with Gasteiger partial charge in [0.15, 0.2) is 0 Å². The second-order valence-corrected chi connectivity index (χ2v) is 4.03. The van der Waals surface area contributed by atoms with Gasteiger partial charge in [-0.25, -0.2) is 0 Å². The molecule has 0 heterocycles. The molecule has 0 radical (unpaired) electrons. The topological polar surface area (TPSA) is 44.5 Å². The summed E-state index contributed by atoms with van der Waals surface area (Å²) in [7, 11) is 1.46. The van der Waals surface area contributed by atoms with E-state index in [1.54, 1.807) is 18.2 Å². The van der Waals surface area contributed by atoms with Crippen molar-refractivity contribution in [2.45, 2.75) is 6.18 Å². The Morgan fingerprint density at radius 1 is 1.00 bits per heavy atom. The van der Waals surface area contributed by atoms with E-state index in [1.165, 1.54) is 25.3 Å². The Kier molecular flexibility index (Phi) is 3.74. The second kappa shape index (κ2) is 5.32. The van der Waals surface area contributed by atoms with Crippen LogP contribution >= 0.6 is 0 Å². The van der Waals surface area contributed by atoms with Crippen molar-refractivity contribution in [1.29, 1.82) is 0 Å². The summed E-state index contributed by atoms with van der Waals surface area (Å²) in [6.07, 6.45) is -4.54. The SMILES string of the molecule is COc1cccc(Oc2ccc(N)cc2C(F)(F)F)c1. The zero-order valence-corrected chi connectivity index (χ0v) is 10.6. The van der Waals surface area contributed by atoms with E-state index in [2.05, 4.69) is 0 Å². The van der Waals surface area contributed by atoms with Crippen LogP contribution in [0.25, 0.3) is 0 Å². The summed E-state index contributed by atoms with van der Waals surface area (Å²) in [6.45, 7) is 0. The number of ether oxygens (including phenoxy) is 2. The minimum absolute atomic E-state index is 0.0234. The number of nitrogen functional groups attached to an aromatic ring is 1. The van der Waals surface area contributed by atoms with Gasteiger partial charge >= 0.3 is 6.18 Å². The number of rotatable bonds is 3. The van der Waals surface area contributed by atoms with Crippen LogP contribution in [0, 0.1) is 0 Å². The first-order chi connectivity index (χ1) is 9.40. The minimum atomic E-state index is -4.54. The molecule has 0 aliphatic carbocycles. The van der Waals surface area contributed by atoms with E-state index in [9.17, 15) is 13.2 Å². The van der Waals surface area contributed by atoms with Crippen molar-refractivity contribution in [3.63, 3.8) is 0 Å². The van der Waals surface area contributed by atoms with E-state index >= 15 is 0 Å². The number of halogens is 3. The normalized spacial score (nSPS) is 11.2. The third-order valence-electron chi connectivity index (χ3n) is 2.58. The lowest BCUT2D eigenvalue weighted by atomic mass is 10.1. The van der Waals surface area contributed by atoms with Gasteiger partial charge in [-0.05, 0) is 30.3 Å². The zero-order chi connectivity index (χ0) is 14.8. The lowest BCUT2D eigenvalue weighted by molar-refractivity contribution is -0.138. The summed E-state index contributed by atoms with van der Waals surface area (Å²) in [5.41, 5.74) is 4.49. The number of benzene rings is 2. The Morgan fingerprint density at radius 2 is 1.70 bits per heavy atom. The average Bonchev–Trinajstić information content (AvgIpc) is 2.40. The first-order valence-corrected chi connectivity index (χ1v) is 5.69. The molecule has 3 nitrogen and oxygen atoms in total. The van der Waals surface area contributed by atoms with Gasteiger partial charge in [0.1, 0.15) is 22.8 Å². The number of nitrogens with two attached hydrogens (primary N) is 1. The Labute approximate surface area is 113 Å². The van der Waals surface area contributed by atoms with Crippen LogP contribution < -0.4 is 15.2 Å². The highest BCUT2D eigenvalue weighted by Crippen LogP contribution is 2.39. The summed E-state index contributed by atoms with van der Waals surface area (Å²) < 4.78 is 49.0. The highest BCUT2D eigenvalue weighted by molar-refractivity contribution is 5.50. The first-order valence-electron chi connectivity index (χ1n) is 5.69. The Morgan fingerprint density at radius 3 is 2.35 bits per heavy atom. The van der Waals surface area contributed by atoms with Gasteiger partial charge in [0.2, 0.25) is 0 Å². The summed E-state index contributed by atoms with van der Waals surface area (Å²) in [5.74, 6) is 0.436. The van der Waals surface area contributed by atoms with Crippen LogP contribution in [0.4, 0.5) is 18.9 Å². The molecule has 0 unspecified atom stereocenters. The molecule has 0 aromatic heterocycles. The van der Waals surface area contributed by atoms with E-state index in [0.717, 1.165) is 6.07 Å². The van der Waals surface area contributed by atoms with E-state index in [0.29, 0.717) is 5.75 Å². The third-order valence-corrected chi connectivity index (χ3v) is 2.58. The van der Waals surface area contributed by atoms with Crippen LogP contribution in [-0.4, -0.2) is 7.11 Å². The molecule has 2 aromatic rings. The van der Waals surface area contributed by atoms with Crippen LogP contribution in [-0.2, 0) is 6.18 Å². The standard InChI is InChI=1S/C14H12F3NO2/c1-19-10-3-2-4-11(8-10)20-13-6-5-9(18)7-12(13)14(15,16)17/h2-8H,18H2,1H3. The molecule has 106 valence electrons. The van der Waals surface area contributed by atoms with Crippen molar-refractivity contribution in [3.05, 3.63) is 48.0 Å². The van der Waals surface area contributed by atoms with Crippen LogP contribution in [0.3, 0.4) is 0 Å². The fourth-order valence-electron chi connectivity index (χ4n) is 1.65. The van der Waals surface area contributed by atoms with Gasteiger partial charge in [-0.3, -0.25) is 0 Å². The Bertz CT molecular complexity index is 612. The smallest absolute Gasteiger partial charge is 0.420 e. The number of anilines is 1. The molecule has 2 aromatic carbocycles. The average molecular weight is 283 g/mol. The van der Waals surface area contributed by atoms with Crippen molar-refractivity contribution < 1.29 is 22.6 Å². The number of hydrogen-bond donors (Lipinski definition) is 1. The van der Waals surface area contributed by atoms with Crippen molar-refractivity contribution in [1.82, 2.24) is 0 Å². The summed E-state index contributed by atoms with van der Waals surface area (Å²) in [4.78, 5) is 0. The van der Waals surface area contributed by atoms with E-state index in [4.69, 9.17) is 15.2 Å². The highest BCUT2D eigenvalue weighted by Gasteiger charge is 2.34. The molecular weight excluding hydrogens is 271 g/mol. The highest BCUT2D eigenvalue weighted by atomic mass is 19.4. The molecule has 0 saturated carbocycles. The summed E-state index contributed by atoms with van der Waals surface area (Å²) >= 11 is 0. The minimum Gasteiger partial charge on any atom is -0.497 e. The van der Waals surface area contributed by atoms with Crippen LogP contribution in [0.2, 0.25) is 0 Å². The number of methoxy groups -OCH3 is 1. The molecule has 0 bridgehead atoms. The van der Waals surface area contributed by atoms with Gasteiger partial charge < -0.3 is 15.2 Å². The van der Waals surface area contributed by atoms with Gasteiger partial charge in [-0.1, -0.05) is 6.07 Å². The summed E-state index contributed by atoms with van der Waals surface area (Å²) in [6, 6.07) is 9.71. The van der Waals surface area contributed by atoms with Crippen LogP contribution in [0.1, 0.15) is 5.56 Å². The second-order valence-electron chi connectivity index (χ2n) is 4.03. The predicted octanol–water partition coefficient (Wildman–Crippen LogP) is 4.09. The van der Waals surface area contributed by atoms with Crippen molar-refractivity contribution in [2.24, 2.45) is 0 Å². The van der Waals surface area contributed by atoms with Gasteiger partial charge in [0, 0.05) is 11.8 Å². The molecule has 0 atom stereocenters. The van der Waals surface area contributed by atoms with Crippen molar-refractivity contribution >= 4 is 5.69 Å². The number of alkyl halides is 3. The van der Waals surface area contributed by atoms with E-state index in [1.807, 2.05) is 0 Å². The quantitative estimate of drug-likeness (QED) is 0.863. The molecule has 0 aliphatic rings. The maximum absolute atomic E-state index is 12.9. The van der Waals surface area contributed by atoms with Gasteiger partial charge in [0.25, 0.3) is 0 Å². The first kappa shape index (κ1) is 14.0. The largest absolute Gasteiger partial charge is 0.497 e. The molecule has 2 N–H and O–H groups in total. The molecule has 0 spiro atoms. The van der Waals surface area contributed by atoms with Gasteiger partial charge in [-0.2, -0.15) is 13.2 Å². The third kappa shape index (κ3) is 3.14. The van der Waals surface area contributed by atoms with E-state index < -0.39 is 11.7 Å². The monoisotopic (exact) mass is 283 g/mol. The molecule has 0 saturated heterocycles. The van der Waals surface area contributed by atoms with Crippen LogP contribution in [0.5, 0.6) is 17.2 Å². The predicted molar refractivity (Wildman–Crippen MR) is 68.9 cm³/mol. The lowest BCUT2D eigenvalue weighted by Crippen LogP contribution is -2.08.